The number of anilines is 1. The topological polar surface area (TPSA) is 106 Å². The van der Waals surface area contributed by atoms with E-state index in [-0.39, 0.29) is 59.1 Å². The molecule has 40 heavy (non-hydrogen) atoms. The maximum atomic E-state index is 13.9. The molecule has 2 aliphatic carbocycles. The minimum Gasteiger partial charge on any atom is -0.387 e. The molecule has 1 unspecified atom stereocenters. The molecular formula is C28H26ClF3N2O5S. The molecule has 1 aromatic heterocycles. The minimum atomic E-state index is -4.03. The first-order chi connectivity index (χ1) is 19.0. The third-order valence-corrected chi connectivity index (χ3v) is 10.4. The third-order valence-electron chi connectivity index (χ3n) is 7.57. The van der Waals surface area contributed by atoms with Crippen molar-refractivity contribution >= 4 is 33.0 Å². The van der Waals surface area contributed by atoms with Gasteiger partial charge in [-0.25, -0.2) is 21.6 Å². The van der Waals surface area contributed by atoms with Crippen LogP contribution in [-0.4, -0.2) is 41.9 Å². The Labute approximate surface area is 234 Å². The van der Waals surface area contributed by atoms with Crippen molar-refractivity contribution in [1.29, 1.82) is 0 Å². The lowest BCUT2D eigenvalue weighted by atomic mass is 9.77. The van der Waals surface area contributed by atoms with Gasteiger partial charge in [0, 0.05) is 29.6 Å². The zero-order valence-corrected chi connectivity index (χ0v) is 22.7. The van der Waals surface area contributed by atoms with E-state index in [2.05, 4.69) is 10.3 Å². The molecule has 0 aliphatic heterocycles. The highest BCUT2D eigenvalue weighted by Crippen LogP contribution is 2.51. The zero-order valence-electron chi connectivity index (χ0n) is 21.1. The van der Waals surface area contributed by atoms with Crippen LogP contribution in [0.5, 0.6) is 0 Å². The summed E-state index contributed by atoms with van der Waals surface area (Å²) in [6, 6.07) is 10.3. The van der Waals surface area contributed by atoms with Crippen molar-refractivity contribution in [1.82, 2.24) is 4.98 Å². The number of carbonyl (C=O) groups excluding carboxylic acids is 1. The summed E-state index contributed by atoms with van der Waals surface area (Å²) >= 11 is 6.30. The number of hydrogen-bond acceptors (Lipinski definition) is 6. The van der Waals surface area contributed by atoms with Crippen molar-refractivity contribution in [3.05, 3.63) is 88.5 Å². The Morgan fingerprint density at radius 3 is 2.38 bits per heavy atom. The molecule has 0 radical (unpaired) electrons. The maximum Gasteiger partial charge on any atom is 0.255 e. The first kappa shape index (κ1) is 28.5. The molecular weight excluding hydrogens is 569 g/mol. The van der Waals surface area contributed by atoms with E-state index in [1.54, 1.807) is 12.3 Å². The first-order valence-corrected chi connectivity index (χ1v) is 14.6. The highest BCUT2D eigenvalue weighted by Gasteiger charge is 2.54. The number of hydrogen-bond donors (Lipinski definition) is 2. The van der Waals surface area contributed by atoms with E-state index in [4.69, 9.17) is 16.3 Å². The molecule has 2 fully saturated rings. The van der Waals surface area contributed by atoms with E-state index in [0.717, 1.165) is 11.8 Å². The summed E-state index contributed by atoms with van der Waals surface area (Å²) in [6.07, 6.45) is 3.33. The SMILES string of the molecule is O=C(Nc1cc(F)c(F)c(F)c1)c1ccc(Cl)c(S(=O)(=O)[C@H]2C3CC[C@H]2C[C@](O)(COCc2ccccn2)C3)c1. The number of aliphatic hydroxyl groups is 1. The molecule has 1 heterocycles. The molecule has 12 heteroatoms. The Balaban J connectivity index is 1.32. The van der Waals surface area contributed by atoms with Gasteiger partial charge in [0.05, 0.1) is 39.7 Å². The molecule has 4 atom stereocenters. The summed E-state index contributed by atoms with van der Waals surface area (Å²) in [6.45, 7) is 0.270. The molecule has 1 amide bonds. The quantitative estimate of drug-likeness (QED) is 0.342. The fraction of sp³-hybridized carbons (Fsp3) is 0.357. The fourth-order valence-corrected chi connectivity index (χ4v) is 8.77. The number of aromatic nitrogens is 1. The van der Waals surface area contributed by atoms with Crippen LogP contribution in [0.1, 0.15) is 41.7 Å². The van der Waals surface area contributed by atoms with Crippen molar-refractivity contribution in [2.45, 2.75) is 48.0 Å². The minimum absolute atomic E-state index is 0.0460. The van der Waals surface area contributed by atoms with Crippen LogP contribution < -0.4 is 5.32 Å². The predicted octanol–water partition coefficient (Wildman–Crippen LogP) is 5.31. The molecule has 2 bridgehead atoms. The van der Waals surface area contributed by atoms with Gasteiger partial charge in [-0.1, -0.05) is 17.7 Å². The lowest BCUT2D eigenvalue weighted by Gasteiger charge is -2.40. The Morgan fingerprint density at radius 1 is 1.07 bits per heavy atom. The van der Waals surface area contributed by atoms with E-state index < -0.39 is 44.0 Å². The summed E-state index contributed by atoms with van der Waals surface area (Å²) in [7, 11) is -4.03. The zero-order chi connectivity index (χ0) is 28.7. The molecule has 3 aromatic rings. The molecule has 0 saturated heterocycles. The number of rotatable bonds is 8. The summed E-state index contributed by atoms with van der Waals surface area (Å²) in [5.41, 5.74) is -0.914. The van der Waals surface area contributed by atoms with Crippen LogP contribution in [0.3, 0.4) is 0 Å². The fourth-order valence-electron chi connectivity index (χ4n) is 5.93. The standard InChI is InChI=1S/C28H26ClF3N2O5S/c29-21-7-6-16(27(35)34-20-10-22(30)25(32)23(31)11-20)9-24(21)40(37,38)26-17-4-5-18(26)13-28(36,12-17)15-39-14-19-3-1-2-8-33-19/h1-3,6-11,17-18,26,36H,4-5,12-15H2,(H,34,35)/t17-,18?,26+,28+/m0/s1. The molecule has 2 aromatic carbocycles. The van der Waals surface area contributed by atoms with Crippen LogP contribution in [0.4, 0.5) is 18.9 Å². The van der Waals surface area contributed by atoms with Crippen molar-refractivity contribution in [2.75, 3.05) is 11.9 Å². The molecule has 7 nitrogen and oxygen atoms in total. The van der Waals surface area contributed by atoms with Gasteiger partial charge in [-0.15, -0.1) is 0 Å². The smallest absolute Gasteiger partial charge is 0.255 e. The molecule has 2 saturated carbocycles. The van der Waals surface area contributed by atoms with Crippen molar-refractivity contribution in [2.24, 2.45) is 11.8 Å². The summed E-state index contributed by atoms with van der Waals surface area (Å²) in [5.74, 6) is -6.18. The van der Waals surface area contributed by atoms with Gasteiger partial charge in [-0.2, -0.15) is 0 Å². The lowest BCUT2D eigenvalue weighted by molar-refractivity contribution is -0.0870. The van der Waals surface area contributed by atoms with Crippen molar-refractivity contribution in [3.8, 4) is 0 Å². The van der Waals surface area contributed by atoms with Crippen LogP contribution in [0, 0.1) is 29.3 Å². The Bertz CT molecular complexity index is 1500. The average molecular weight is 595 g/mol. The Morgan fingerprint density at radius 2 is 1.75 bits per heavy atom. The number of carbonyl (C=O) groups is 1. The van der Waals surface area contributed by atoms with Gasteiger partial charge in [0.15, 0.2) is 27.3 Å². The monoisotopic (exact) mass is 594 g/mol. The number of pyridine rings is 1. The van der Waals surface area contributed by atoms with E-state index in [9.17, 15) is 31.5 Å². The van der Waals surface area contributed by atoms with Gasteiger partial charge < -0.3 is 15.2 Å². The maximum absolute atomic E-state index is 13.9. The molecule has 0 spiro atoms. The Hall–Kier alpha value is -2.99. The summed E-state index contributed by atoms with van der Waals surface area (Å²) in [5, 5.41) is 12.6. The molecule has 2 N–H and O–H groups in total. The van der Waals surface area contributed by atoms with Crippen LogP contribution >= 0.6 is 11.6 Å². The normalized spacial score (nSPS) is 24.2. The molecule has 5 rings (SSSR count). The van der Waals surface area contributed by atoms with Gasteiger partial charge in [0.2, 0.25) is 0 Å². The number of halogens is 4. The average Bonchev–Trinajstić information content (AvgIpc) is 3.21. The van der Waals surface area contributed by atoms with Crippen LogP contribution in [-0.2, 0) is 21.2 Å². The van der Waals surface area contributed by atoms with E-state index in [0.29, 0.717) is 25.0 Å². The van der Waals surface area contributed by atoms with E-state index in [1.165, 1.54) is 12.1 Å². The number of sulfone groups is 1. The Kier molecular flexibility index (Phi) is 7.93. The van der Waals surface area contributed by atoms with Crippen molar-refractivity contribution in [3.63, 3.8) is 0 Å². The van der Waals surface area contributed by atoms with Crippen molar-refractivity contribution < 1.29 is 36.2 Å². The first-order valence-electron chi connectivity index (χ1n) is 12.7. The van der Waals surface area contributed by atoms with Crippen LogP contribution in [0.2, 0.25) is 5.02 Å². The van der Waals surface area contributed by atoms with Gasteiger partial charge in [-0.3, -0.25) is 9.78 Å². The largest absolute Gasteiger partial charge is 0.387 e. The highest BCUT2D eigenvalue weighted by molar-refractivity contribution is 7.92. The van der Waals surface area contributed by atoms with Crippen LogP contribution in [0.15, 0.2) is 59.6 Å². The van der Waals surface area contributed by atoms with Gasteiger partial charge >= 0.3 is 0 Å². The second kappa shape index (κ2) is 11.1. The number of nitrogens with one attached hydrogen (secondary N) is 1. The van der Waals surface area contributed by atoms with E-state index in [1.807, 2.05) is 12.1 Å². The predicted molar refractivity (Wildman–Crippen MR) is 141 cm³/mol. The molecule has 2 aliphatic rings. The lowest BCUT2D eigenvalue weighted by Crippen LogP contribution is -2.48. The number of nitrogens with zero attached hydrogens (tertiary/aromatic N) is 1. The number of benzene rings is 2. The van der Waals surface area contributed by atoms with Gasteiger partial charge in [0.25, 0.3) is 5.91 Å². The number of amides is 1. The number of ether oxygens (including phenoxy) is 1. The van der Waals surface area contributed by atoms with Gasteiger partial charge in [-0.05, 0) is 67.9 Å². The number of fused-ring (bicyclic) bond motifs is 2. The summed E-state index contributed by atoms with van der Waals surface area (Å²) < 4.78 is 73.8. The summed E-state index contributed by atoms with van der Waals surface area (Å²) in [4.78, 5) is 16.7. The van der Waals surface area contributed by atoms with Gasteiger partial charge in [0.1, 0.15) is 0 Å². The molecule has 212 valence electrons. The highest BCUT2D eigenvalue weighted by atomic mass is 35.5. The van der Waals surface area contributed by atoms with Crippen LogP contribution in [0.25, 0.3) is 0 Å². The second-order valence-corrected chi connectivity index (χ2v) is 12.9. The third kappa shape index (κ3) is 5.74. The van der Waals surface area contributed by atoms with E-state index >= 15 is 0 Å². The second-order valence-electron chi connectivity index (χ2n) is 10.4.